The smallest absolute Gasteiger partial charge is 0.187 e. The highest BCUT2D eigenvalue weighted by Gasteiger charge is 2.10. The van der Waals surface area contributed by atoms with Crippen LogP contribution in [0.15, 0.2) is 66.9 Å². The van der Waals surface area contributed by atoms with Crippen molar-refractivity contribution in [1.82, 2.24) is 4.98 Å². The molecule has 0 unspecified atom stereocenters. The summed E-state index contributed by atoms with van der Waals surface area (Å²) in [6.07, 6.45) is 3.02. The van der Waals surface area contributed by atoms with Crippen molar-refractivity contribution in [2.75, 3.05) is 19.5 Å². The van der Waals surface area contributed by atoms with Crippen LogP contribution in [0.4, 0.5) is 5.69 Å². The van der Waals surface area contributed by atoms with Crippen LogP contribution < -0.4 is 14.8 Å². The summed E-state index contributed by atoms with van der Waals surface area (Å²) in [6.45, 7) is 2.00. The molecule has 4 rings (SSSR count). The van der Waals surface area contributed by atoms with Gasteiger partial charge in [-0.2, -0.15) is 0 Å². The third-order valence-electron chi connectivity index (χ3n) is 5.01. The van der Waals surface area contributed by atoms with Gasteiger partial charge in [0.2, 0.25) is 0 Å². The van der Waals surface area contributed by atoms with Crippen LogP contribution in [0.25, 0.3) is 20.8 Å². The average molecular weight is 447 g/mol. The number of thiazole rings is 1. The minimum Gasteiger partial charge on any atom is -0.504 e. The molecule has 0 aliphatic rings. The van der Waals surface area contributed by atoms with Gasteiger partial charge >= 0.3 is 0 Å². The number of methoxy groups -OCH3 is 2. The molecule has 1 heterocycles. The molecule has 0 saturated heterocycles. The molecule has 0 amide bonds. The molecule has 4 aromatic rings. The van der Waals surface area contributed by atoms with E-state index >= 15 is 0 Å². The zero-order valence-corrected chi connectivity index (χ0v) is 18.7. The first kappa shape index (κ1) is 21.4. The summed E-state index contributed by atoms with van der Waals surface area (Å²) >= 11 is 1.62. The maximum absolute atomic E-state index is 12.3. The monoisotopic (exact) mass is 446 g/mol. The number of ether oxygens (including phenoxy) is 2. The van der Waals surface area contributed by atoms with E-state index in [4.69, 9.17) is 14.5 Å². The molecule has 6 nitrogen and oxygen atoms in total. The SMILES string of the molecule is COc1ccc2nc(-c3ccc(N/C=C\C(=O)c4ccc(OC)c(O)c4)c(C)c3)sc2c1. The maximum Gasteiger partial charge on any atom is 0.187 e. The molecule has 0 atom stereocenters. The number of aryl methyl sites for hydroxylation is 1. The Morgan fingerprint density at radius 3 is 2.62 bits per heavy atom. The number of hydrogen-bond acceptors (Lipinski definition) is 7. The van der Waals surface area contributed by atoms with Crippen LogP contribution in [0, 0.1) is 6.92 Å². The van der Waals surface area contributed by atoms with Crippen LogP contribution in [0.2, 0.25) is 0 Å². The van der Waals surface area contributed by atoms with Crippen molar-refractivity contribution < 1.29 is 19.4 Å². The molecule has 3 aromatic carbocycles. The Morgan fingerprint density at radius 2 is 1.91 bits per heavy atom. The summed E-state index contributed by atoms with van der Waals surface area (Å²) in [4.78, 5) is 17.1. The molecule has 1 aromatic heterocycles. The van der Waals surface area contributed by atoms with Crippen molar-refractivity contribution in [2.45, 2.75) is 6.92 Å². The number of benzene rings is 3. The van der Waals surface area contributed by atoms with Crippen molar-refractivity contribution in [3.8, 4) is 27.8 Å². The number of carbonyl (C=O) groups excluding carboxylic acids is 1. The fourth-order valence-electron chi connectivity index (χ4n) is 3.26. The number of aromatic hydroxyl groups is 1. The molecule has 162 valence electrons. The number of phenols is 1. The quantitative estimate of drug-likeness (QED) is 0.276. The van der Waals surface area contributed by atoms with Gasteiger partial charge in [0.25, 0.3) is 0 Å². The van der Waals surface area contributed by atoms with Crippen molar-refractivity contribution in [3.05, 3.63) is 78.0 Å². The van der Waals surface area contributed by atoms with Gasteiger partial charge in [-0.1, -0.05) is 0 Å². The van der Waals surface area contributed by atoms with Crippen molar-refractivity contribution in [3.63, 3.8) is 0 Å². The summed E-state index contributed by atoms with van der Waals surface area (Å²) in [5.74, 6) is 0.843. The molecule has 0 aliphatic heterocycles. The van der Waals surface area contributed by atoms with E-state index in [9.17, 15) is 9.90 Å². The normalized spacial score (nSPS) is 11.1. The first-order valence-corrected chi connectivity index (χ1v) is 10.7. The fourth-order valence-corrected chi connectivity index (χ4v) is 4.25. The van der Waals surface area contributed by atoms with Gasteiger partial charge in [-0.05, 0) is 67.1 Å². The standard InChI is InChI=1S/C25H22N2O4S/c1-15-12-17(25-27-20-8-6-18(30-2)14-24(20)32-25)4-7-19(15)26-11-10-21(28)16-5-9-23(31-3)22(29)13-16/h4-14,26,29H,1-3H3/b11-10-. The van der Waals surface area contributed by atoms with Crippen molar-refractivity contribution in [2.24, 2.45) is 0 Å². The first-order valence-electron chi connectivity index (χ1n) is 9.88. The second kappa shape index (κ2) is 9.11. The number of rotatable bonds is 7. The number of fused-ring (bicyclic) bond motifs is 1. The molecule has 32 heavy (non-hydrogen) atoms. The Hall–Kier alpha value is -3.84. The minimum absolute atomic E-state index is 0.0700. The number of aromatic nitrogens is 1. The van der Waals surface area contributed by atoms with Crippen LogP contribution in [0.3, 0.4) is 0 Å². The fraction of sp³-hybridized carbons (Fsp3) is 0.120. The Balaban J connectivity index is 1.48. The summed E-state index contributed by atoms with van der Waals surface area (Å²) in [7, 11) is 3.11. The molecule has 0 saturated carbocycles. The Labute approximate surface area is 189 Å². The van der Waals surface area contributed by atoms with Gasteiger partial charge in [0.1, 0.15) is 10.8 Å². The van der Waals surface area contributed by atoms with Crippen LogP contribution in [0.5, 0.6) is 17.2 Å². The summed E-state index contributed by atoms with van der Waals surface area (Å²) in [6, 6.07) is 16.4. The number of hydrogen-bond donors (Lipinski definition) is 2. The lowest BCUT2D eigenvalue weighted by molar-refractivity contribution is 0.104. The zero-order valence-electron chi connectivity index (χ0n) is 17.9. The number of nitrogens with zero attached hydrogens (tertiary/aromatic N) is 1. The third kappa shape index (κ3) is 4.43. The molecule has 0 spiro atoms. The predicted octanol–water partition coefficient (Wildman–Crippen LogP) is 5.80. The highest BCUT2D eigenvalue weighted by Crippen LogP contribution is 2.33. The largest absolute Gasteiger partial charge is 0.504 e. The van der Waals surface area contributed by atoms with E-state index in [0.29, 0.717) is 11.3 Å². The lowest BCUT2D eigenvalue weighted by Crippen LogP contribution is -1.97. The molecule has 0 fully saturated rings. The van der Waals surface area contributed by atoms with E-state index in [1.165, 1.54) is 19.3 Å². The Kier molecular flexibility index (Phi) is 6.09. The van der Waals surface area contributed by atoms with Gasteiger partial charge < -0.3 is 19.9 Å². The second-order valence-electron chi connectivity index (χ2n) is 7.11. The molecule has 0 radical (unpaired) electrons. The number of allylic oxidation sites excluding steroid dienone is 1. The second-order valence-corrected chi connectivity index (χ2v) is 8.14. The van der Waals surface area contributed by atoms with Crippen LogP contribution in [0.1, 0.15) is 15.9 Å². The molecule has 0 aliphatic carbocycles. The molecule has 7 heteroatoms. The lowest BCUT2D eigenvalue weighted by atomic mass is 10.1. The van der Waals surface area contributed by atoms with Gasteiger partial charge in [0.15, 0.2) is 17.3 Å². The van der Waals surface area contributed by atoms with Gasteiger partial charge in [-0.15, -0.1) is 11.3 Å². The van der Waals surface area contributed by atoms with Crippen molar-refractivity contribution in [1.29, 1.82) is 0 Å². The Bertz CT molecular complexity index is 1330. The number of ketones is 1. The molecule has 2 N–H and O–H groups in total. The zero-order chi connectivity index (χ0) is 22.7. The van der Waals surface area contributed by atoms with Gasteiger partial charge in [0.05, 0.1) is 24.4 Å². The van der Waals surface area contributed by atoms with E-state index in [1.807, 2.05) is 37.3 Å². The summed E-state index contributed by atoms with van der Waals surface area (Å²) in [5.41, 5.74) is 4.26. The predicted molar refractivity (Wildman–Crippen MR) is 128 cm³/mol. The van der Waals surface area contributed by atoms with E-state index in [1.54, 1.807) is 36.8 Å². The maximum atomic E-state index is 12.3. The average Bonchev–Trinajstić information content (AvgIpc) is 3.23. The van der Waals surface area contributed by atoms with Gasteiger partial charge in [0, 0.05) is 29.1 Å². The van der Waals surface area contributed by atoms with E-state index in [0.717, 1.165) is 37.8 Å². The molecular formula is C25H22N2O4S. The van der Waals surface area contributed by atoms with Crippen LogP contribution in [-0.4, -0.2) is 30.1 Å². The lowest BCUT2D eigenvalue weighted by Gasteiger charge is -2.07. The summed E-state index contributed by atoms with van der Waals surface area (Å²) < 4.78 is 11.4. The number of phenolic OH excluding ortho intramolecular Hbond substituents is 1. The highest BCUT2D eigenvalue weighted by atomic mass is 32.1. The Morgan fingerprint density at radius 1 is 1.06 bits per heavy atom. The van der Waals surface area contributed by atoms with Crippen LogP contribution >= 0.6 is 11.3 Å². The molecular weight excluding hydrogens is 424 g/mol. The van der Waals surface area contributed by atoms with Gasteiger partial charge in [-0.25, -0.2) is 4.98 Å². The van der Waals surface area contributed by atoms with E-state index < -0.39 is 0 Å². The van der Waals surface area contributed by atoms with E-state index in [2.05, 4.69) is 11.4 Å². The van der Waals surface area contributed by atoms with Crippen LogP contribution in [-0.2, 0) is 0 Å². The number of anilines is 1. The third-order valence-corrected chi connectivity index (χ3v) is 6.07. The van der Waals surface area contributed by atoms with Crippen molar-refractivity contribution >= 4 is 33.0 Å². The first-order chi connectivity index (χ1) is 15.5. The van der Waals surface area contributed by atoms with E-state index in [-0.39, 0.29) is 11.5 Å². The number of carbonyl (C=O) groups is 1. The summed E-state index contributed by atoms with van der Waals surface area (Å²) in [5, 5.41) is 13.9. The number of nitrogens with one attached hydrogen (secondary N) is 1. The topological polar surface area (TPSA) is 80.7 Å². The highest BCUT2D eigenvalue weighted by molar-refractivity contribution is 7.21. The van der Waals surface area contributed by atoms with Gasteiger partial charge in [-0.3, -0.25) is 4.79 Å². The molecule has 0 bridgehead atoms. The minimum atomic E-state index is -0.227.